The molecule has 0 fully saturated rings. The maximum Gasteiger partial charge on any atom is 0.0323 e. The monoisotopic (exact) mass is 229 g/mol. The molecule has 0 saturated carbocycles. The smallest absolute Gasteiger partial charge is 0.0323 e. The number of benzene rings is 1. The topological polar surface area (TPSA) is 12.0 Å². The molecule has 2 aliphatic carbocycles. The minimum atomic E-state index is 0.608. The zero-order chi connectivity index (χ0) is 11.8. The number of hydrogen-bond acceptors (Lipinski definition) is 1. The molecule has 0 aliphatic heterocycles. The van der Waals surface area contributed by atoms with Gasteiger partial charge < -0.3 is 5.32 Å². The maximum absolute atomic E-state index is 3.65. The highest BCUT2D eigenvalue weighted by Gasteiger charge is 2.26. The second kappa shape index (κ2) is 4.45. The van der Waals surface area contributed by atoms with Crippen LogP contribution in [0.25, 0.3) is 0 Å². The Morgan fingerprint density at radius 2 is 1.82 bits per heavy atom. The lowest BCUT2D eigenvalue weighted by molar-refractivity contribution is 0.441. The fourth-order valence-corrected chi connectivity index (χ4v) is 3.58. The molecule has 1 aromatic rings. The van der Waals surface area contributed by atoms with E-state index in [0.29, 0.717) is 6.04 Å². The first-order valence-corrected chi connectivity index (χ1v) is 7.18. The third-order valence-corrected chi connectivity index (χ3v) is 4.54. The lowest BCUT2D eigenvalue weighted by Crippen LogP contribution is -2.26. The van der Waals surface area contributed by atoms with E-state index in [2.05, 4.69) is 31.3 Å². The standard InChI is InChI=1S/C16H23N/c1-3-17-16-8-7-11(2)14-9-12-5-4-6-13(12)10-15(14)16/h9-11,16-17H,3-8H2,1-2H3. The van der Waals surface area contributed by atoms with E-state index in [1.54, 1.807) is 22.3 Å². The van der Waals surface area contributed by atoms with E-state index in [4.69, 9.17) is 0 Å². The largest absolute Gasteiger partial charge is 0.310 e. The van der Waals surface area contributed by atoms with Gasteiger partial charge in [0.15, 0.2) is 0 Å². The van der Waals surface area contributed by atoms with Crippen molar-refractivity contribution in [3.63, 3.8) is 0 Å². The van der Waals surface area contributed by atoms with Crippen LogP contribution in [-0.2, 0) is 12.8 Å². The Morgan fingerprint density at radius 3 is 2.53 bits per heavy atom. The number of fused-ring (bicyclic) bond motifs is 2. The zero-order valence-electron chi connectivity index (χ0n) is 11.1. The Balaban J connectivity index is 2.04. The van der Waals surface area contributed by atoms with E-state index in [1.807, 2.05) is 0 Å². The van der Waals surface area contributed by atoms with Crippen molar-refractivity contribution in [1.29, 1.82) is 0 Å². The molecule has 0 spiro atoms. The van der Waals surface area contributed by atoms with Crippen molar-refractivity contribution in [1.82, 2.24) is 5.32 Å². The third-order valence-electron chi connectivity index (χ3n) is 4.54. The van der Waals surface area contributed by atoms with Gasteiger partial charge in [0, 0.05) is 6.04 Å². The van der Waals surface area contributed by atoms with Gasteiger partial charge in [-0.3, -0.25) is 0 Å². The molecular formula is C16H23N. The van der Waals surface area contributed by atoms with Gasteiger partial charge in [0.2, 0.25) is 0 Å². The van der Waals surface area contributed by atoms with Crippen molar-refractivity contribution in [2.24, 2.45) is 0 Å². The highest BCUT2D eigenvalue weighted by molar-refractivity contribution is 5.45. The molecule has 0 heterocycles. The summed E-state index contributed by atoms with van der Waals surface area (Å²) >= 11 is 0. The normalized spacial score (nSPS) is 26.7. The molecule has 1 aromatic carbocycles. The van der Waals surface area contributed by atoms with Gasteiger partial charge >= 0.3 is 0 Å². The van der Waals surface area contributed by atoms with Gasteiger partial charge in [-0.15, -0.1) is 0 Å². The zero-order valence-corrected chi connectivity index (χ0v) is 11.1. The SMILES string of the molecule is CCNC1CCC(C)c2cc3c(cc21)CCC3. The van der Waals surface area contributed by atoms with Gasteiger partial charge in [-0.05, 0) is 66.8 Å². The van der Waals surface area contributed by atoms with Crippen molar-refractivity contribution < 1.29 is 0 Å². The van der Waals surface area contributed by atoms with Crippen LogP contribution in [0.3, 0.4) is 0 Å². The predicted molar refractivity (Wildman–Crippen MR) is 72.5 cm³/mol. The van der Waals surface area contributed by atoms with E-state index in [0.717, 1.165) is 12.5 Å². The number of aryl methyl sites for hydroxylation is 2. The molecule has 92 valence electrons. The first-order valence-electron chi connectivity index (χ1n) is 7.18. The predicted octanol–water partition coefficient (Wildman–Crippen LogP) is 3.72. The van der Waals surface area contributed by atoms with Crippen LogP contribution in [0.2, 0.25) is 0 Å². The summed E-state index contributed by atoms with van der Waals surface area (Å²) in [6, 6.07) is 5.64. The molecule has 2 unspecified atom stereocenters. The fraction of sp³-hybridized carbons (Fsp3) is 0.625. The summed E-state index contributed by atoms with van der Waals surface area (Å²) in [6.45, 7) is 5.68. The van der Waals surface area contributed by atoms with Crippen molar-refractivity contribution in [3.05, 3.63) is 34.4 Å². The molecule has 0 aromatic heterocycles. The van der Waals surface area contributed by atoms with Crippen LogP contribution in [0.1, 0.15) is 67.3 Å². The molecule has 2 aliphatic rings. The average molecular weight is 229 g/mol. The van der Waals surface area contributed by atoms with Gasteiger partial charge in [-0.1, -0.05) is 26.0 Å². The van der Waals surface area contributed by atoms with Gasteiger partial charge in [0.25, 0.3) is 0 Å². The Bertz CT molecular complexity index is 422. The van der Waals surface area contributed by atoms with Crippen molar-refractivity contribution in [2.45, 2.75) is 57.9 Å². The van der Waals surface area contributed by atoms with Crippen molar-refractivity contribution >= 4 is 0 Å². The minimum absolute atomic E-state index is 0.608. The van der Waals surface area contributed by atoms with E-state index in [-0.39, 0.29) is 0 Å². The van der Waals surface area contributed by atoms with E-state index in [1.165, 1.54) is 32.1 Å². The van der Waals surface area contributed by atoms with Crippen LogP contribution >= 0.6 is 0 Å². The Hall–Kier alpha value is -0.820. The summed E-state index contributed by atoms with van der Waals surface area (Å²) < 4.78 is 0. The van der Waals surface area contributed by atoms with E-state index >= 15 is 0 Å². The molecule has 0 radical (unpaired) electrons. The molecule has 2 atom stereocenters. The summed E-state index contributed by atoms with van der Waals surface area (Å²) in [5.41, 5.74) is 6.49. The molecule has 3 rings (SSSR count). The Morgan fingerprint density at radius 1 is 1.12 bits per heavy atom. The van der Waals surface area contributed by atoms with Crippen LogP contribution < -0.4 is 5.32 Å². The third kappa shape index (κ3) is 1.91. The summed E-state index contributed by atoms with van der Waals surface area (Å²) in [7, 11) is 0. The van der Waals surface area contributed by atoms with Gasteiger partial charge in [0.05, 0.1) is 0 Å². The molecular weight excluding hydrogens is 206 g/mol. The Labute approximate surface area is 105 Å². The molecule has 0 bridgehead atoms. The van der Waals surface area contributed by atoms with Crippen LogP contribution in [0, 0.1) is 0 Å². The maximum atomic E-state index is 3.65. The molecule has 1 heteroatoms. The minimum Gasteiger partial charge on any atom is -0.310 e. The van der Waals surface area contributed by atoms with Crippen molar-refractivity contribution in [3.8, 4) is 0 Å². The molecule has 1 nitrogen and oxygen atoms in total. The highest BCUT2D eigenvalue weighted by Crippen LogP contribution is 2.40. The lowest BCUT2D eigenvalue weighted by Gasteiger charge is -2.31. The van der Waals surface area contributed by atoms with E-state index in [9.17, 15) is 0 Å². The van der Waals surface area contributed by atoms with Gasteiger partial charge in [0.1, 0.15) is 0 Å². The number of hydrogen-bond donors (Lipinski definition) is 1. The quantitative estimate of drug-likeness (QED) is 0.815. The van der Waals surface area contributed by atoms with Gasteiger partial charge in [-0.25, -0.2) is 0 Å². The van der Waals surface area contributed by atoms with Crippen molar-refractivity contribution in [2.75, 3.05) is 6.54 Å². The first kappa shape index (κ1) is 11.3. The lowest BCUT2D eigenvalue weighted by atomic mass is 9.79. The number of rotatable bonds is 2. The number of nitrogens with one attached hydrogen (secondary N) is 1. The molecule has 0 saturated heterocycles. The summed E-state index contributed by atoms with van der Waals surface area (Å²) in [6.07, 6.45) is 6.61. The summed E-state index contributed by atoms with van der Waals surface area (Å²) in [4.78, 5) is 0. The second-order valence-electron chi connectivity index (χ2n) is 5.69. The molecule has 17 heavy (non-hydrogen) atoms. The average Bonchev–Trinajstić information content (AvgIpc) is 2.78. The summed E-state index contributed by atoms with van der Waals surface area (Å²) in [5.74, 6) is 0.755. The molecule has 0 amide bonds. The van der Waals surface area contributed by atoms with Crippen LogP contribution in [0.4, 0.5) is 0 Å². The van der Waals surface area contributed by atoms with Crippen LogP contribution in [-0.4, -0.2) is 6.54 Å². The Kier molecular flexibility index (Phi) is 2.96. The fourth-order valence-electron chi connectivity index (χ4n) is 3.58. The van der Waals surface area contributed by atoms with Gasteiger partial charge in [-0.2, -0.15) is 0 Å². The molecule has 1 N–H and O–H groups in total. The van der Waals surface area contributed by atoms with Crippen LogP contribution in [0.15, 0.2) is 12.1 Å². The second-order valence-corrected chi connectivity index (χ2v) is 5.69. The van der Waals surface area contributed by atoms with E-state index < -0.39 is 0 Å². The summed E-state index contributed by atoms with van der Waals surface area (Å²) in [5, 5.41) is 3.65. The van der Waals surface area contributed by atoms with Crippen LogP contribution in [0.5, 0.6) is 0 Å². The highest BCUT2D eigenvalue weighted by atomic mass is 14.9. The first-order chi connectivity index (χ1) is 8.29.